The zero-order chi connectivity index (χ0) is 16.8. The van der Waals surface area contributed by atoms with Crippen molar-refractivity contribution < 1.29 is 19.2 Å². The summed E-state index contributed by atoms with van der Waals surface area (Å²) < 4.78 is 5.32. The molecule has 1 fully saturated rings. The van der Waals surface area contributed by atoms with Gasteiger partial charge in [-0.25, -0.2) is 0 Å². The Kier molecular flexibility index (Phi) is 6.19. The fraction of sp³-hybridized carbons (Fsp3) is 0.706. The van der Waals surface area contributed by atoms with E-state index in [0.717, 1.165) is 49.2 Å². The quantitative estimate of drug-likeness (QED) is 0.833. The average molecular weight is 322 g/mol. The first-order valence-electron chi connectivity index (χ1n) is 8.50. The number of carboxylic acid groups (broad SMARTS) is 1. The van der Waals surface area contributed by atoms with Crippen molar-refractivity contribution in [1.82, 2.24) is 10.1 Å². The Morgan fingerprint density at radius 2 is 2.13 bits per heavy atom. The minimum atomic E-state index is -0.766. The Hall–Kier alpha value is -1.85. The van der Waals surface area contributed by atoms with Gasteiger partial charge in [0.25, 0.3) is 0 Å². The molecule has 1 aliphatic heterocycles. The smallest absolute Gasteiger partial charge is 0.303 e. The number of carbonyl (C=O) groups excluding carboxylic acids is 1. The molecule has 1 aliphatic rings. The van der Waals surface area contributed by atoms with E-state index in [1.165, 1.54) is 0 Å². The summed E-state index contributed by atoms with van der Waals surface area (Å²) >= 11 is 0. The number of rotatable bonds is 7. The summed E-state index contributed by atoms with van der Waals surface area (Å²) in [5.41, 5.74) is 1.81. The second kappa shape index (κ2) is 8.13. The summed E-state index contributed by atoms with van der Waals surface area (Å²) in [6.45, 7) is 5.43. The lowest BCUT2D eigenvalue weighted by molar-refractivity contribution is -0.137. The molecule has 1 saturated heterocycles. The van der Waals surface area contributed by atoms with Gasteiger partial charge in [0.15, 0.2) is 0 Å². The van der Waals surface area contributed by atoms with Crippen molar-refractivity contribution in [1.29, 1.82) is 0 Å². The summed E-state index contributed by atoms with van der Waals surface area (Å²) in [5, 5.41) is 12.9. The first-order valence-corrected chi connectivity index (χ1v) is 8.50. The van der Waals surface area contributed by atoms with Gasteiger partial charge >= 0.3 is 5.97 Å². The van der Waals surface area contributed by atoms with Gasteiger partial charge in [-0.05, 0) is 31.6 Å². The zero-order valence-corrected chi connectivity index (χ0v) is 14.0. The number of piperidine rings is 1. The second-order valence-corrected chi connectivity index (χ2v) is 6.20. The van der Waals surface area contributed by atoms with E-state index in [4.69, 9.17) is 9.63 Å². The molecule has 6 heteroatoms. The molecule has 1 amide bonds. The zero-order valence-electron chi connectivity index (χ0n) is 14.0. The Bertz CT molecular complexity index is 531. The number of amides is 1. The third-order valence-electron chi connectivity index (χ3n) is 4.57. The Morgan fingerprint density at radius 1 is 1.35 bits per heavy atom. The van der Waals surface area contributed by atoms with Crippen molar-refractivity contribution in [2.24, 2.45) is 5.92 Å². The maximum Gasteiger partial charge on any atom is 0.303 e. The number of carbonyl (C=O) groups is 2. The van der Waals surface area contributed by atoms with Crippen molar-refractivity contribution in [2.75, 3.05) is 13.1 Å². The normalized spacial score (nSPS) is 18.2. The number of hydrogen-bond acceptors (Lipinski definition) is 4. The topological polar surface area (TPSA) is 83.6 Å². The van der Waals surface area contributed by atoms with Gasteiger partial charge in [0.05, 0.1) is 12.1 Å². The Labute approximate surface area is 136 Å². The summed E-state index contributed by atoms with van der Waals surface area (Å²) in [5.74, 6) is 0.424. The fourth-order valence-corrected chi connectivity index (χ4v) is 3.26. The van der Waals surface area contributed by atoms with Crippen LogP contribution in [-0.2, 0) is 28.9 Å². The van der Waals surface area contributed by atoms with Crippen LogP contribution < -0.4 is 0 Å². The van der Waals surface area contributed by atoms with Gasteiger partial charge in [-0.1, -0.05) is 19.0 Å². The van der Waals surface area contributed by atoms with Crippen molar-refractivity contribution in [3.63, 3.8) is 0 Å². The van der Waals surface area contributed by atoms with Crippen molar-refractivity contribution >= 4 is 11.9 Å². The van der Waals surface area contributed by atoms with Crippen molar-refractivity contribution in [2.45, 2.75) is 58.8 Å². The maximum absolute atomic E-state index is 12.6. The van der Waals surface area contributed by atoms with Crippen LogP contribution in [0.4, 0.5) is 0 Å². The molecule has 6 nitrogen and oxygen atoms in total. The predicted octanol–water partition coefficient (Wildman–Crippen LogP) is 2.45. The summed E-state index contributed by atoms with van der Waals surface area (Å²) in [6, 6.07) is 0. The monoisotopic (exact) mass is 322 g/mol. The third kappa shape index (κ3) is 4.56. The van der Waals surface area contributed by atoms with Gasteiger partial charge in [-0.3, -0.25) is 9.59 Å². The molecule has 1 N–H and O–H groups in total. The van der Waals surface area contributed by atoms with Gasteiger partial charge in [-0.2, -0.15) is 0 Å². The van der Waals surface area contributed by atoms with Gasteiger partial charge in [-0.15, -0.1) is 0 Å². The fourth-order valence-electron chi connectivity index (χ4n) is 3.26. The van der Waals surface area contributed by atoms with Crippen LogP contribution in [0.1, 0.15) is 56.5 Å². The summed E-state index contributed by atoms with van der Waals surface area (Å²) in [6.07, 6.45) is 4.60. The van der Waals surface area contributed by atoms with Gasteiger partial charge in [0.1, 0.15) is 5.76 Å². The van der Waals surface area contributed by atoms with Crippen LogP contribution in [0.5, 0.6) is 0 Å². The lowest BCUT2D eigenvalue weighted by Gasteiger charge is -2.32. The molecule has 0 unspecified atom stereocenters. The standard InChI is InChI=1S/C17H26N2O4/c1-3-14-13(15(4-2)23-18-14)10-16(20)19-9-5-6-12(11-19)7-8-17(21)22/h12H,3-11H2,1-2H3,(H,21,22)/t12-/m1/s1. The van der Waals surface area contributed by atoms with Crippen molar-refractivity contribution in [3.8, 4) is 0 Å². The number of carboxylic acids is 1. The molecule has 0 saturated carbocycles. The maximum atomic E-state index is 12.6. The van der Waals surface area contributed by atoms with E-state index in [1.54, 1.807) is 0 Å². The molecule has 0 spiro atoms. The highest BCUT2D eigenvalue weighted by Crippen LogP contribution is 2.23. The van der Waals surface area contributed by atoms with E-state index in [0.29, 0.717) is 25.3 Å². The molecule has 23 heavy (non-hydrogen) atoms. The molecule has 128 valence electrons. The Morgan fingerprint density at radius 3 is 2.78 bits per heavy atom. The highest BCUT2D eigenvalue weighted by atomic mass is 16.5. The number of nitrogens with zero attached hydrogens (tertiary/aromatic N) is 2. The number of aliphatic carboxylic acids is 1. The minimum Gasteiger partial charge on any atom is -0.481 e. The molecular weight excluding hydrogens is 296 g/mol. The molecular formula is C17H26N2O4. The molecule has 0 radical (unpaired) electrons. The minimum absolute atomic E-state index is 0.0950. The molecule has 0 bridgehead atoms. The lowest BCUT2D eigenvalue weighted by Crippen LogP contribution is -2.41. The summed E-state index contributed by atoms with van der Waals surface area (Å²) in [7, 11) is 0. The van der Waals surface area contributed by atoms with Gasteiger partial charge in [0, 0.05) is 31.5 Å². The highest BCUT2D eigenvalue weighted by Gasteiger charge is 2.26. The second-order valence-electron chi connectivity index (χ2n) is 6.20. The average Bonchev–Trinajstić information content (AvgIpc) is 2.95. The summed E-state index contributed by atoms with van der Waals surface area (Å²) in [4.78, 5) is 25.2. The van der Waals surface area contributed by atoms with Gasteiger partial charge < -0.3 is 14.5 Å². The van der Waals surface area contributed by atoms with E-state index in [1.807, 2.05) is 18.7 Å². The third-order valence-corrected chi connectivity index (χ3v) is 4.57. The van der Waals surface area contributed by atoms with E-state index in [2.05, 4.69) is 5.16 Å². The van der Waals surface area contributed by atoms with Crippen LogP contribution >= 0.6 is 0 Å². The number of aryl methyl sites for hydroxylation is 2. The number of hydrogen-bond donors (Lipinski definition) is 1. The number of likely N-dealkylation sites (tertiary alicyclic amines) is 1. The first kappa shape index (κ1) is 17.5. The molecule has 2 heterocycles. The van der Waals surface area contributed by atoms with Gasteiger partial charge in [0.2, 0.25) is 5.91 Å². The van der Waals surface area contributed by atoms with Crippen LogP contribution in [0.2, 0.25) is 0 Å². The predicted molar refractivity (Wildman–Crippen MR) is 85.1 cm³/mol. The SMILES string of the molecule is CCc1noc(CC)c1CC(=O)N1CCC[C@H](CCC(=O)O)C1. The molecule has 1 atom stereocenters. The first-order chi connectivity index (χ1) is 11.0. The largest absolute Gasteiger partial charge is 0.481 e. The molecule has 1 aromatic rings. The van der Waals surface area contributed by atoms with Crippen LogP contribution in [0.3, 0.4) is 0 Å². The van der Waals surface area contributed by atoms with E-state index in [9.17, 15) is 9.59 Å². The van der Waals surface area contributed by atoms with Crippen LogP contribution in [0.25, 0.3) is 0 Å². The molecule has 0 aliphatic carbocycles. The Balaban J connectivity index is 1.97. The van der Waals surface area contributed by atoms with E-state index >= 15 is 0 Å². The van der Waals surface area contributed by atoms with Crippen molar-refractivity contribution in [3.05, 3.63) is 17.0 Å². The van der Waals surface area contributed by atoms with Crippen LogP contribution in [0.15, 0.2) is 4.52 Å². The highest BCUT2D eigenvalue weighted by molar-refractivity contribution is 5.79. The van der Waals surface area contributed by atoms with Crippen LogP contribution in [-0.4, -0.2) is 40.1 Å². The molecule has 1 aromatic heterocycles. The lowest BCUT2D eigenvalue weighted by atomic mass is 9.93. The van der Waals surface area contributed by atoms with E-state index < -0.39 is 5.97 Å². The molecule has 2 rings (SSSR count). The van der Waals surface area contributed by atoms with Crippen LogP contribution in [0, 0.1) is 5.92 Å². The number of aromatic nitrogens is 1. The van der Waals surface area contributed by atoms with E-state index in [-0.39, 0.29) is 12.3 Å². The molecule has 0 aromatic carbocycles.